The lowest BCUT2D eigenvalue weighted by Gasteiger charge is -2.37. The van der Waals surface area contributed by atoms with E-state index in [0.717, 1.165) is 38.6 Å². The van der Waals surface area contributed by atoms with Gasteiger partial charge in [0.25, 0.3) is 5.92 Å². The number of piperidine rings is 1. The highest BCUT2D eigenvalue weighted by molar-refractivity contribution is 7.98. The van der Waals surface area contributed by atoms with Crippen molar-refractivity contribution < 1.29 is 13.5 Å². The summed E-state index contributed by atoms with van der Waals surface area (Å²) in [6.45, 7) is 3.01. The zero-order valence-corrected chi connectivity index (χ0v) is 15.9. The van der Waals surface area contributed by atoms with E-state index in [1.54, 1.807) is 11.9 Å². The minimum absolute atomic E-state index is 0.112. The fourth-order valence-electron chi connectivity index (χ4n) is 3.50. The lowest BCUT2D eigenvalue weighted by atomic mass is 9.89. The molecule has 0 aliphatic carbocycles. The van der Waals surface area contributed by atoms with Crippen LogP contribution in [-0.2, 0) is 5.92 Å². The van der Waals surface area contributed by atoms with Gasteiger partial charge in [-0.2, -0.15) is 0 Å². The van der Waals surface area contributed by atoms with Crippen molar-refractivity contribution in [2.45, 2.75) is 31.6 Å². The number of halogens is 2. The first-order valence-corrected chi connectivity index (χ1v) is 10.0. The van der Waals surface area contributed by atoms with Crippen molar-refractivity contribution in [2.24, 2.45) is 4.40 Å². The van der Waals surface area contributed by atoms with Crippen LogP contribution in [0.1, 0.15) is 36.8 Å². The van der Waals surface area contributed by atoms with Crippen LogP contribution in [0, 0.1) is 0 Å². The molecular formula is C20H21F2N3OS. The van der Waals surface area contributed by atoms with E-state index in [-0.39, 0.29) is 11.4 Å². The molecule has 2 aromatic rings. The van der Waals surface area contributed by atoms with Gasteiger partial charge in [-0.15, -0.1) is 0 Å². The molecule has 2 aliphatic rings. The van der Waals surface area contributed by atoms with E-state index in [4.69, 9.17) is 4.74 Å². The number of rotatable bonds is 4. The van der Waals surface area contributed by atoms with E-state index >= 15 is 0 Å². The Hall–Kier alpha value is -2.15. The molecule has 142 valence electrons. The zero-order valence-electron chi connectivity index (χ0n) is 15.1. The molecule has 1 aromatic heterocycles. The summed E-state index contributed by atoms with van der Waals surface area (Å²) in [6.07, 6.45) is 3.59. The number of amidine groups is 1. The Morgan fingerprint density at radius 2 is 2.00 bits per heavy atom. The lowest BCUT2D eigenvalue weighted by Crippen LogP contribution is -2.42. The van der Waals surface area contributed by atoms with Gasteiger partial charge in [0.1, 0.15) is 11.6 Å². The van der Waals surface area contributed by atoms with Gasteiger partial charge < -0.3 is 9.64 Å². The highest BCUT2D eigenvalue weighted by Crippen LogP contribution is 2.34. The smallest absolute Gasteiger partial charge is 0.270 e. The average molecular weight is 389 g/mol. The first-order valence-electron chi connectivity index (χ1n) is 9.08. The minimum Gasteiger partial charge on any atom is -0.439 e. The van der Waals surface area contributed by atoms with E-state index in [1.165, 1.54) is 29.7 Å². The number of fused-ring (bicyclic) bond motifs is 1. The second-order valence-electron chi connectivity index (χ2n) is 6.91. The van der Waals surface area contributed by atoms with Crippen LogP contribution in [0.5, 0.6) is 11.6 Å². The predicted octanol–water partition coefficient (Wildman–Crippen LogP) is 5.23. The van der Waals surface area contributed by atoms with Gasteiger partial charge in [0, 0.05) is 49.5 Å². The quantitative estimate of drug-likeness (QED) is 0.672. The van der Waals surface area contributed by atoms with Gasteiger partial charge in [0.15, 0.2) is 0 Å². The van der Waals surface area contributed by atoms with Crippen molar-refractivity contribution in [3.05, 3.63) is 53.7 Å². The Morgan fingerprint density at radius 1 is 1.19 bits per heavy atom. The summed E-state index contributed by atoms with van der Waals surface area (Å²) in [4.78, 5) is 6.41. The number of ether oxygens (including phenoxy) is 1. The Bertz CT molecular complexity index is 836. The second kappa shape index (κ2) is 7.46. The van der Waals surface area contributed by atoms with Gasteiger partial charge in [-0.05, 0) is 48.6 Å². The van der Waals surface area contributed by atoms with Crippen LogP contribution < -0.4 is 4.74 Å². The van der Waals surface area contributed by atoms with Crippen molar-refractivity contribution in [2.75, 3.05) is 18.8 Å². The van der Waals surface area contributed by atoms with Gasteiger partial charge in [-0.25, -0.2) is 18.2 Å². The largest absolute Gasteiger partial charge is 0.439 e. The Kier molecular flexibility index (Phi) is 5.04. The normalized spacial score (nSPS) is 20.0. The molecule has 4 nitrogen and oxygen atoms in total. The number of aromatic nitrogens is 1. The first kappa shape index (κ1) is 18.2. The molecule has 1 aromatic carbocycles. The molecule has 1 atom stereocenters. The molecular weight excluding hydrogens is 368 g/mol. The van der Waals surface area contributed by atoms with Crippen molar-refractivity contribution in [3.8, 4) is 11.6 Å². The number of pyridine rings is 1. The van der Waals surface area contributed by atoms with Gasteiger partial charge >= 0.3 is 0 Å². The summed E-state index contributed by atoms with van der Waals surface area (Å²) in [5.41, 5.74) is 1.09. The molecule has 27 heavy (non-hydrogen) atoms. The first-order chi connectivity index (χ1) is 13.0. The number of benzene rings is 1. The van der Waals surface area contributed by atoms with E-state index in [9.17, 15) is 8.78 Å². The Labute approximate surface area is 161 Å². The summed E-state index contributed by atoms with van der Waals surface area (Å²) in [5.74, 6) is 0.350. The highest BCUT2D eigenvalue weighted by atomic mass is 32.2. The predicted molar refractivity (Wildman–Crippen MR) is 104 cm³/mol. The number of nitrogens with zero attached hydrogens (tertiary/aromatic N) is 3. The molecule has 7 heteroatoms. The van der Waals surface area contributed by atoms with Crippen molar-refractivity contribution in [1.29, 1.82) is 0 Å². The fourth-order valence-corrected chi connectivity index (χ4v) is 4.27. The van der Waals surface area contributed by atoms with Crippen molar-refractivity contribution >= 4 is 17.8 Å². The van der Waals surface area contributed by atoms with Gasteiger partial charge in [0.2, 0.25) is 5.88 Å². The van der Waals surface area contributed by atoms with Gasteiger partial charge in [-0.1, -0.05) is 12.1 Å². The number of hydrogen-bond donors (Lipinski definition) is 0. The number of hydrogen-bond acceptors (Lipinski definition) is 5. The summed E-state index contributed by atoms with van der Waals surface area (Å²) < 4.78 is 37.3. The topological polar surface area (TPSA) is 37.7 Å². The third-order valence-corrected chi connectivity index (χ3v) is 5.60. The number of alkyl halides is 2. The van der Waals surface area contributed by atoms with E-state index < -0.39 is 5.92 Å². The molecule has 4 rings (SSSR count). The maximum absolute atomic E-state index is 13.5. The maximum Gasteiger partial charge on any atom is 0.270 e. The van der Waals surface area contributed by atoms with E-state index in [2.05, 4.69) is 14.3 Å². The second-order valence-corrected chi connectivity index (χ2v) is 7.76. The molecule has 0 radical (unpaired) electrons. The van der Waals surface area contributed by atoms with Crippen LogP contribution in [0.3, 0.4) is 0 Å². The molecule has 0 spiro atoms. The van der Waals surface area contributed by atoms with Crippen LogP contribution in [-0.4, -0.2) is 34.6 Å². The molecule has 3 heterocycles. The van der Waals surface area contributed by atoms with Crippen molar-refractivity contribution in [1.82, 2.24) is 9.88 Å². The summed E-state index contributed by atoms with van der Waals surface area (Å²) in [7, 11) is 0. The highest BCUT2D eigenvalue weighted by Gasteiger charge is 2.29. The maximum atomic E-state index is 13.5. The monoisotopic (exact) mass is 389 g/mol. The molecule has 1 saturated heterocycles. The Balaban J connectivity index is 1.50. The van der Waals surface area contributed by atoms with E-state index in [1.807, 2.05) is 24.3 Å². The molecule has 2 aliphatic heterocycles. The van der Waals surface area contributed by atoms with Gasteiger partial charge in [-0.3, -0.25) is 0 Å². The van der Waals surface area contributed by atoms with Crippen LogP contribution in [0.2, 0.25) is 0 Å². The van der Waals surface area contributed by atoms with Crippen LogP contribution in [0.4, 0.5) is 8.78 Å². The SMILES string of the molecule is CC(F)(F)c1ccnc(Oc2ccc(C3CCCN4CCSN=C34)cc2)c1. The summed E-state index contributed by atoms with van der Waals surface area (Å²) >= 11 is 1.64. The molecule has 0 amide bonds. The minimum atomic E-state index is -2.92. The Morgan fingerprint density at radius 3 is 2.78 bits per heavy atom. The molecule has 0 bridgehead atoms. The zero-order chi connectivity index (χ0) is 18.9. The van der Waals surface area contributed by atoms with E-state index in [0.29, 0.717) is 11.7 Å². The standard InChI is InChI=1S/C20H21F2N3OS/c1-20(21,22)15-8-9-23-18(13-15)26-16-6-4-14(5-7-16)17-3-2-10-25-11-12-27-24-19(17)25/h4-9,13,17H,2-3,10-12H2,1H3. The van der Waals surface area contributed by atoms with Crippen molar-refractivity contribution in [3.63, 3.8) is 0 Å². The molecule has 1 unspecified atom stereocenters. The summed E-state index contributed by atoms with van der Waals surface area (Å²) in [6, 6.07) is 10.4. The van der Waals surface area contributed by atoms with Crippen LogP contribution in [0.15, 0.2) is 47.0 Å². The summed E-state index contributed by atoms with van der Waals surface area (Å²) in [5, 5.41) is 0. The molecule has 0 N–H and O–H groups in total. The molecule has 0 saturated carbocycles. The third kappa shape index (κ3) is 4.08. The third-order valence-electron chi connectivity index (χ3n) is 4.91. The lowest BCUT2D eigenvalue weighted by molar-refractivity contribution is 0.0172. The molecule has 1 fully saturated rings. The van der Waals surface area contributed by atoms with Gasteiger partial charge in [0.05, 0.1) is 0 Å². The fraction of sp³-hybridized carbons (Fsp3) is 0.400. The van der Waals surface area contributed by atoms with Crippen LogP contribution >= 0.6 is 11.9 Å². The van der Waals surface area contributed by atoms with Crippen LogP contribution in [0.25, 0.3) is 0 Å². The average Bonchev–Trinajstić information content (AvgIpc) is 2.68.